The van der Waals surface area contributed by atoms with Crippen LogP contribution in [0, 0.1) is 12.7 Å². The van der Waals surface area contributed by atoms with Crippen molar-refractivity contribution in [3.05, 3.63) is 47.1 Å². The first kappa shape index (κ1) is 19.1. The third-order valence-electron chi connectivity index (χ3n) is 5.41. The van der Waals surface area contributed by atoms with Gasteiger partial charge in [0.25, 0.3) is 0 Å². The molecule has 4 heterocycles. The maximum Gasteiger partial charge on any atom is 0.173 e. The number of hydrogen-bond donors (Lipinski definition) is 3. The van der Waals surface area contributed by atoms with Crippen molar-refractivity contribution in [1.29, 1.82) is 0 Å². The van der Waals surface area contributed by atoms with Crippen LogP contribution in [-0.2, 0) is 0 Å². The zero-order chi connectivity index (χ0) is 21.0. The van der Waals surface area contributed by atoms with E-state index in [4.69, 9.17) is 11.6 Å². The fourth-order valence-electron chi connectivity index (χ4n) is 4.29. The number of piperazine rings is 1. The Morgan fingerprint density at radius 1 is 1.17 bits per heavy atom. The standard InChI is InChI=1S/C21H23ClFN7/c1-11-7-29(8-12(2)24-11)15-5-16(22)19-18(6-15)27-28-20(19)26-14-4-17(23)21-25-13(3)9-30(21)10-14/h4-6,9-12,24H,7-8H2,1-3H3,(H2,26,27,28)/t11-,12+. The molecule has 5 rings (SSSR count). The molecule has 1 aliphatic heterocycles. The largest absolute Gasteiger partial charge is 0.368 e. The van der Waals surface area contributed by atoms with Crippen LogP contribution in [0.4, 0.5) is 21.6 Å². The van der Waals surface area contributed by atoms with E-state index >= 15 is 0 Å². The number of H-pyrrole nitrogens is 1. The number of aryl methyl sites for hydroxylation is 1. The summed E-state index contributed by atoms with van der Waals surface area (Å²) >= 11 is 6.67. The van der Waals surface area contributed by atoms with E-state index in [2.05, 4.69) is 50.6 Å². The fourth-order valence-corrected chi connectivity index (χ4v) is 4.59. The van der Waals surface area contributed by atoms with Crippen LogP contribution in [0.5, 0.6) is 0 Å². The average Bonchev–Trinajstić information content (AvgIpc) is 3.24. The van der Waals surface area contributed by atoms with Crippen molar-refractivity contribution in [2.75, 3.05) is 23.3 Å². The maximum atomic E-state index is 14.4. The van der Waals surface area contributed by atoms with Crippen molar-refractivity contribution in [1.82, 2.24) is 24.9 Å². The van der Waals surface area contributed by atoms with Crippen molar-refractivity contribution < 1.29 is 4.39 Å². The second kappa shape index (κ2) is 7.14. The lowest BCUT2D eigenvalue weighted by Crippen LogP contribution is -2.54. The number of aromatic nitrogens is 4. The Kier molecular flexibility index (Phi) is 4.56. The van der Waals surface area contributed by atoms with Gasteiger partial charge in [-0.05, 0) is 32.9 Å². The molecular formula is C21H23ClFN7. The van der Waals surface area contributed by atoms with Gasteiger partial charge in [-0.3, -0.25) is 5.10 Å². The van der Waals surface area contributed by atoms with E-state index in [1.54, 1.807) is 16.8 Å². The predicted molar refractivity (Wildman–Crippen MR) is 119 cm³/mol. The van der Waals surface area contributed by atoms with Gasteiger partial charge in [-0.25, -0.2) is 9.37 Å². The first-order chi connectivity index (χ1) is 14.4. The summed E-state index contributed by atoms with van der Waals surface area (Å²) in [5.41, 5.74) is 3.51. The van der Waals surface area contributed by atoms with Gasteiger partial charge in [-0.2, -0.15) is 5.10 Å². The van der Waals surface area contributed by atoms with E-state index in [9.17, 15) is 4.39 Å². The lowest BCUT2D eigenvalue weighted by atomic mass is 10.1. The lowest BCUT2D eigenvalue weighted by molar-refractivity contribution is 0.407. The summed E-state index contributed by atoms with van der Waals surface area (Å²) in [6.07, 6.45) is 3.56. The molecule has 0 bridgehead atoms. The molecule has 1 saturated heterocycles. The summed E-state index contributed by atoms with van der Waals surface area (Å²) in [6.45, 7) is 8.01. The molecule has 4 aromatic rings. The van der Waals surface area contributed by atoms with E-state index in [0.29, 0.717) is 34.3 Å². The normalized spacial score (nSPS) is 19.7. The van der Waals surface area contributed by atoms with Crippen LogP contribution in [0.2, 0.25) is 5.02 Å². The Morgan fingerprint density at radius 2 is 1.93 bits per heavy atom. The van der Waals surface area contributed by atoms with Crippen molar-refractivity contribution in [2.24, 2.45) is 0 Å². The van der Waals surface area contributed by atoms with Crippen LogP contribution in [0.3, 0.4) is 0 Å². The summed E-state index contributed by atoms with van der Waals surface area (Å²) in [6, 6.07) is 6.25. The molecule has 1 aromatic carbocycles. The Bertz CT molecular complexity index is 1240. The van der Waals surface area contributed by atoms with Gasteiger partial charge in [0.15, 0.2) is 17.3 Å². The number of hydrogen-bond acceptors (Lipinski definition) is 5. The van der Waals surface area contributed by atoms with E-state index in [0.717, 1.165) is 35.4 Å². The molecule has 0 spiro atoms. The maximum absolute atomic E-state index is 14.4. The minimum atomic E-state index is -0.400. The molecule has 156 valence electrons. The van der Waals surface area contributed by atoms with Crippen LogP contribution in [0.1, 0.15) is 19.5 Å². The number of nitrogens with one attached hydrogen (secondary N) is 3. The molecule has 0 amide bonds. The molecule has 3 aromatic heterocycles. The number of nitrogens with zero attached hydrogens (tertiary/aromatic N) is 4. The van der Waals surface area contributed by atoms with E-state index in [-0.39, 0.29) is 0 Å². The first-order valence-corrected chi connectivity index (χ1v) is 10.4. The Balaban J connectivity index is 1.49. The molecule has 0 aliphatic carbocycles. The third kappa shape index (κ3) is 3.36. The molecule has 1 fully saturated rings. The van der Waals surface area contributed by atoms with E-state index < -0.39 is 5.82 Å². The number of rotatable bonds is 3. The van der Waals surface area contributed by atoms with Gasteiger partial charge in [0.05, 0.1) is 27.3 Å². The highest BCUT2D eigenvalue weighted by molar-refractivity contribution is 6.36. The van der Waals surface area contributed by atoms with Gasteiger partial charge < -0.3 is 19.9 Å². The molecular weight excluding hydrogens is 405 g/mol. The van der Waals surface area contributed by atoms with E-state index in [1.165, 1.54) is 6.07 Å². The summed E-state index contributed by atoms with van der Waals surface area (Å²) in [7, 11) is 0. The summed E-state index contributed by atoms with van der Waals surface area (Å²) in [5, 5.41) is 15.5. The predicted octanol–water partition coefficient (Wildman–Crippen LogP) is 4.24. The van der Waals surface area contributed by atoms with Crippen LogP contribution in [-0.4, -0.2) is 44.8 Å². The molecule has 9 heteroatoms. The molecule has 0 radical (unpaired) electrons. The van der Waals surface area contributed by atoms with Crippen LogP contribution >= 0.6 is 11.6 Å². The highest BCUT2D eigenvalue weighted by Crippen LogP contribution is 2.35. The first-order valence-electron chi connectivity index (χ1n) is 9.98. The van der Waals surface area contributed by atoms with Gasteiger partial charge in [-0.15, -0.1) is 0 Å². The molecule has 30 heavy (non-hydrogen) atoms. The van der Waals surface area contributed by atoms with Crippen molar-refractivity contribution in [3.8, 4) is 0 Å². The van der Waals surface area contributed by atoms with Crippen molar-refractivity contribution in [2.45, 2.75) is 32.9 Å². The Labute approximate surface area is 178 Å². The van der Waals surface area contributed by atoms with Gasteiger partial charge in [0.2, 0.25) is 0 Å². The highest BCUT2D eigenvalue weighted by atomic mass is 35.5. The van der Waals surface area contributed by atoms with E-state index in [1.807, 2.05) is 13.0 Å². The topological polar surface area (TPSA) is 73.3 Å². The summed E-state index contributed by atoms with van der Waals surface area (Å²) in [4.78, 5) is 6.52. The third-order valence-corrected chi connectivity index (χ3v) is 5.71. The molecule has 1 aliphatic rings. The lowest BCUT2D eigenvalue weighted by Gasteiger charge is -2.37. The molecule has 3 N–H and O–H groups in total. The average molecular weight is 428 g/mol. The molecule has 0 saturated carbocycles. The summed E-state index contributed by atoms with van der Waals surface area (Å²) < 4.78 is 16.1. The van der Waals surface area contributed by atoms with Gasteiger partial charge in [0, 0.05) is 49.3 Å². The number of aromatic amines is 1. The smallest absolute Gasteiger partial charge is 0.173 e. The second-order valence-electron chi connectivity index (χ2n) is 8.11. The molecule has 0 unspecified atom stereocenters. The minimum absolute atomic E-state index is 0.298. The SMILES string of the molecule is Cc1cn2cc(Nc3n[nH]c4cc(N5C[C@@H](C)N[C@@H](C)C5)cc(Cl)c34)cc(F)c2n1. The van der Waals surface area contributed by atoms with Crippen molar-refractivity contribution in [3.63, 3.8) is 0 Å². The van der Waals surface area contributed by atoms with Gasteiger partial charge in [0.1, 0.15) is 0 Å². The van der Waals surface area contributed by atoms with Crippen LogP contribution in [0.25, 0.3) is 16.6 Å². The monoisotopic (exact) mass is 427 g/mol. The quantitative estimate of drug-likeness (QED) is 0.456. The number of imidazole rings is 1. The van der Waals surface area contributed by atoms with Crippen LogP contribution in [0.15, 0.2) is 30.6 Å². The van der Waals surface area contributed by atoms with Gasteiger partial charge in [-0.1, -0.05) is 11.6 Å². The molecule has 2 atom stereocenters. The minimum Gasteiger partial charge on any atom is -0.368 e. The Hall–Kier alpha value is -2.84. The van der Waals surface area contributed by atoms with Crippen molar-refractivity contribution >= 4 is 45.3 Å². The fraction of sp³-hybridized carbons (Fsp3) is 0.333. The molecule has 7 nitrogen and oxygen atoms in total. The van der Waals surface area contributed by atoms with Crippen LogP contribution < -0.4 is 15.5 Å². The number of fused-ring (bicyclic) bond motifs is 2. The zero-order valence-corrected chi connectivity index (χ0v) is 17.8. The second-order valence-corrected chi connectivity index (χ2v) is 8.52. The van der Waals surface area contributed by atoms with Gasteiger partial charge >= 0.3 is 0 Å². The highest BCUT2D eigenvalue weighted by Gasteiger charge is 2.23. The number of anilines is 3. The Morgan fingerprint density at radius 3 is 2.70 bits per heavy atom. The zero-order valence-electron chi connectivity index (χ0n) is 17.0. The number of benzene rings is 1. The number of pyridine rings is 1. The number of halogens is 2. The summed E-state index contributed by atoms with van der Waals surface area (Å²) in [5.74, 6) is 0.155.